The molecule has 3 nitrogen and oxygen atoms in total. The maximum atomic E-state index is 12.7. The Morgan fingerprint density at radius 1 is 1.33 bits per heavy atom. The highest BCUT2D eigenvalue weighted by atomic mass is 19.1. The Morgan fingerprint density at radius 3 is 2.40 bits per heavy atom. The van der Waals surface area contributed by atoms with Gasteiger partial charge >= 0.3 is 0 Å². The average molecular weight is 206 g/mol. The van der Waals surface area contributed by atoms with E-state index >= 15 is 0 Å². The quantitative estimate of drug-likeness (QED) is 0.693. The van der Waals surface area contributed by atoms with E-state index in [2.05, 4.69) is 5.10 Å². The van der Waals surface area contributed by atoms with E-state index in [1.165, 1.54) is 17.1 Å². The smallest absolute Gasteiger partial charge is 0.255 e. The third-order valence-electron chi connectivity index (χ3n) is 2.53. The summed E-state index contributed by atoms with van der Waals surface area (Å²) in [4.78, 5) is 11.7. The van der Waals surface area contributed by atoms with E-state index in [1.807, 2.05) is 13.8 Å². The molecule has 1 aromatic rings. The standard InChI is InChI=1S/C11H11FN2O/c1-7-8(2)13-14(11(7)15)10-5-3-9(12)4-6-10/h3-7H,1-2H3. The molecule has 0 fully saturated rings. The summed E-state index contributed by atoms with van der Waals surface area (Å²) in [6, 6.07) is 5.72. The molecule has 0 N–H and O–H groups in total. The first-order valence-electron chi connectivity index (χ1n) is 4.74. The van der Waals surface area contributed by atoms with Crippen LogP contribution in [0.15, 0.2) is 29.4 Å². The lowest BCUT2D eigenvalue weighted by Crippen LogP contribution is -2.25. The predicted molar refractivity (Wildman–Crippen MR) is 56.2 cm³/mol. The van der Waals surface area contributed by atoms with Crippen molar-refractivity contribution in [2.45, 2.75) is 13.8 Å². The van der Waals surface area contributed by atoms with Crippen molar-refractivity contribution in [3.63, 3.8) is 0 Å². The molecule has 1 heterocycles. The number of nitrogens with zero attached hydrogens (tertiary/aromatic N) is 2. The summed E-state index contributed by atoms with van der Waals surface area (Å²) in [5.41, 5.74) is 1.38. The van der Waals surface area contributed by atoms with Crippen LogP contribution in [0.1, 0.15) is 13.8 Å². The number of amides is 1. The number of carbonyl (C=O) groups is 1. The zero-order chi connectivity index (χ0) is 11.0. The van der Waals surface area contributed by atoms with E-state index in [0.29, 0.717) is 5.69 Å². The number of hydrazone groups is 1. The highest BCUT2D eigenvalue weighted by Crippen LogP contribution is 2.23. The Morgan fingerprint density at radius 2 is 1.93 bits per heavy atom. The lowest BCUT2D eigenvalue weighted by molar-refractivity contribution is -0.119. The van der Waals surface area contributed by atoms with Crippen LogP contribution in [0.2, 0.25) is 0 Å². The van der Waals surface area contributed by atoms with E-state index in [1.54, 1.807) is 12.1 Å². The van der Waals surface area contributed by atoms with Crippen molar-refractivity contribution in [1.82, 2.24) is 0 Å². The fourth-order valence-electron chi connectivity index (χ4n) is 1.42. The molecular formula is C11H11FN2O. The van der Waals surface area contributed by atoms with E-state index < -0.39 is 0 Å². The second-order valence-corrected chi connectivity index (χ2v) is 3.59. The number of carbonyl (C=O) groups excluding carboxylic acids is 1. The molecule has 0 saturated heterocycles. The number of anilines is 1. The minimum atomic E-state index is -0.320. The van der Waals surface area contributed by atoms with Crippen molar-refractivity contribution < 1.29 is 9.18 Å². The molecule has 0 aliphatic carbocycles. The lowest BCUT2D eigenvalue weighted by Gasteiger charge is -2.12. The molecule has 0 spiro atoms. The summed E-state index contributed by atoms with van der Waals surface area (Å²) < 4.78 is 12.7. The van der Waals surface area contributed by atoms with Crippen molar-refractivity contribution in [1.29, 1.82) is 0 Å². The van der Waals surface area contributed by atoms with Crippen LogP contribution in [0, 0.1) is 11.7 Å². The molecule has 2 rings (SSSR count). The maximum Gasteiger partial charge on any atom is 0.255 e. The topological polar surface area (TPSA) is 32.7 Å². The van der Waals surface area contributed by atoms with Crippen LogP contribution in [0.25, 0.3) is 0 Å². The van der Waals surface area contributed by atoms with E-state index in [4.69, 9.17) is 0 Å². The first-order chi connectivity index (χ1) is 7.09. The Balaban J connectivity index is 2.33. The fourth-order valence-corrected chi connectivity index (χ4v) is 1.42. The molecule has 0 radical (unpaired) electrons. The van der Waals surface area contributed by atoms with Gasteiger partial charge in [-0.05, 0) is 38.1 Å². The second kappa shape index (κ2) is 3.46. The summed E-state index contributed by atoms with van der Waals surface area (Å²) in [5.74, 6) is -0.576. The van der Waals surface area contributed by atoms with E-state index in [-0.39, 0.29) is 17.6 Å². The summed E-state index contributed by atoms with van der Waals surface area (Å²) in [5, 5.41) is 5.45. The van der Waals surface area contributed by atoms with Gasteiger partial charge in [0.05, 0.1) is 11.6 Å². The molecule has 78 valence electrons. The largest absolute Gasteiger partial charge is 0.272 e. The maximum absolute atomic E-state index is 12.7. The first kappa shape index (κ1) is 9.83. The van der Waals surface area contributed by atoms with Gasteiger partial charge in [0.25, 0.3) is 5.91 Å². The Hall–Kier alpha value is -1.71. The van der Waals surface area contributed by atoms with Crippen molar-refractivity contribution in [2.24, 2.45) is 11.0 Å². The van der Waals surface area contributed by atoms with Gasteiger partial charge < -0.3 is 0 Å². The molecule has 1 aromatic carbocycles. The van der Waals surface area contributed by atoms with Gasteiger partial charge in [-0.1, -0.05) is 0 Å². The van der Waals surface area contributed by atoms with Crippen LogP contribution in [0.5, 0.6) is 0 Å². The Bertz CT molecular complexity index is 425. The highest BCUT2D eigenvalue weighted by Gasteiger charge is 2.30. The summed E-state index contributed by atoms with van der Waals surface area (Å²) in [6.07, 6.45) is 0. The van der Waals surface area contributed by atoms with Crippen molar-refractivity contribution in [2.75, 3.05) is 5.01 Å². The fraction of sp³-hybridized carbons (Fsp3) is 0.273. The Kier molecular flexibility index (Phi) is 2.26. The highest BCUT2D eigenvalue weighted by molar-refractivity contribution is 6.14. The number of benzene rings is 1. The lowest BCUT2D eigenvalue weighted by atomic mass is 10.1. The summed E-state index contributed by atoms with van der Waals surface area (Å²) >= 11 is 0. The normalized spacial score (nSPS) is 20.7. The third-order valence-corrected chi connectivity index (χ3v) is 2.53. The molecule has 15 heavy (non-hydrogen) atoms. The number of rotatable bonds is 1. The molecule has 0 saturated carbocycles. The Labute approximate surface area is 87.2 Å². The molecule has 1 aliphatic rings. The number of halogens is 1. The number of hydrogen-bond acceptors (Lipinski definition) is 2. The van der Waals surface area contributed by atoms with Crippen LogP contribution in [0.4, 0.5) is 10.1 Å². The van der Waals surface area contributed by atoms with Crippen molar-refractivity contribution in [3.05, 3.63) is 30.1 Å². The van der Waals surface area contributed by atoms with Crippen molar-refractivity contribution in [3.8, 4) is 0 Å². The van der Waals surface area contributed by atoms with Crippen LogP contribution in [0.3, 0.4) is 0 Å². The molecule has 0 bridgehead atoms. The molecule has 1 amide bonds. The van der Waals surface area contributed by atoms with Gasteiger partial charge in [0.1, 0.15) is 5.82 Å². The van der Waals surface area contributed by atoms with Gasteiger partial charge in [-0.3, -0.25) is 4.79 Å². The van der Waals surface area contributed by atoms with Crippen LogP contribution >= 0.6 is 0 Å². The van der Waals surface area contributed by atoms with Gasteiger partial charge in [0.2, 0.25) is 0 Å². The molecule has 1 aliphatic heterocycles. The van der Waals surface area contributed by atoms with E-state index in [9.17, 15) is 9.18 Å². The van der Waals surface area contributed by atoms with Crippen LogP contribution in [-0.2, 0) is 4.79 Å². The predicted octanol–water partition coefficient (Wildman–Crippen LogP) is 2.18. The van der Waals surface area contributed by atoms with Crippen LogP contribution in [-0.4, -0.2) is 11.6 Å². The first-order valence-corrected chi connectivity index (χ1v) is 4.74. The third kappa shape index (κ3) is 1.63. The molecule has 1 unspecified atom stereocenters. The minimum Gasteiger partial charge on any atom is -0.272 e. The molecule has 1 atom stereocenters. The van der Waals surface area contributed by atoms with Gasteiger partial charge in [-0.2, -0.15) is 5.10 Å². The zero-order valence-electron chi connectivity index (χ0n) is 8.57. The average Bonchev–Trinajstić information content (AvgIpc) is 2.47. The summed E-state index contributed by atoms with van der Waals surface area (Å²) in [6.45, 7) is 3.62. The van der Waals surface area contributed by atoms with E-state index in [0.717, 1.165) is 5.71 Å². The number of hydrogen-bond donors (Lipinski definition) is 0. The van der Waals surface area contributed by atoms with Crippen LogP contribution < -0.4 is 5.01 Å². The monoisotopic (exact) mass is 206 g/mol. The second-order valence-electron chi connectivity index (χ2n) is 3.59. The van der Waals surface area contributed by atoms with Gasteiger partial charge in [-0.15, -0.1) is 0 Å². The van der Waals surface area contributed by atoms with Gasteiger partial charge in [0, 0.05) is 5.71 Å². The summed E-state index contributed by atoms with van der Waals surface area (Å²) in [7, 11) is 0. The molecule has 0 aromatic heterocycles. The zero-order valence-corrected chi connectivity index (χ0v) is 8.57. The molecular weight excluding hydrogens is 195 g/mol. The van der Waals surface area contributed by atoms with Crippen molar-refractivity contribution >= 4 is 17.3 Å². The molecule has 4 heteroatoms. The SMILES string of the molecule is CC1=NN(c2ccc(F)cc2)C(=O)C1C. The minimum absolute atomic E-state index is 0.0703. The van der Waals surface area contributed by atoms with Gasteiger partial charge in [-0.25, -0.2) is 9.40 Å². The van der Waals surface area contributed by atoms with Gasteiger partial charge in [0.15, 0.2) is 0 Å².